The molecule has 1 heterocycles. The molecule has 1 N–H and O–H groups in total. The molecule has 0 saturated heterocycles. The number of benzene rings is 2. The molecule has 8 heteroatoms. The highest BCUT2D eigenvalue weighted by molar-refractivity contribution is 7.89. The lowest BCUT2D eigenvalue weighted by Gasteiger charge is -2.16. The Morgan fingerprint density at radius 3 is 2.53 bits per heavy atom. The summed E-state index contributed by atoms with van der Waals surface area (Å²) in [6, 6.07) is 12.5. The zero-order valence-electron chi connectivity index (χ0n) is 17.7. The molecule has 0 fully saturated rings. The summed E-state index contributed by atoms with van der Waals surface area (Å²) in [5.74, 6) is 0.129. The molecular weight excluding hydrogens is 402 g/mol. The van der Waals surface area contributed by atoms with Crippen LogP contribution in [-0.4, -0.2) is 44.3 Å². The maximum Gasteiger partial charge on any atom is 0.262 e. The maximum absolute atomic E-state index is 12.5. The second-order valence-corrected chi connectivity index (χ2v) is 9.47. The topological polar surface area (TPSA) is 88.6 Å². The highest BCUT2D eigenvalue weighted by Gasteiger charge is 2.20. The van der Waals surface area contributed by atoms with Crippen molar-refractivity contribution < 1.29 is 17.9 Å². The molecule has 0 aliphatic heterocycles. The van der Waals surface area contributed by atoms with Crippen LogP contribution >= 0.6 is 0 Å². The summed E-state index contributed by atoms with van der Waals surface area (Å²) >= 11 is 0. The monoisotopic (exact) mass is 427 g/mol. The predicted molar refractivity (Wildman–Crippen MR) is 117 cm³/mol. The van der Waals surface area contributed by atoms with Crippen LogP contribution < -0.4 is 10.1 Å². The number of nitrogens with one attached hydrogen (secondary N) is 1. The van der Waals surface area contributed by atoms with Crippen LogP contribution in [0.3, 0.4) is 0 Å². The number of aromatic nitrogens is 1. The Kier molecular flexibility index (Phi) is 6.09. The summed E-state index contributed by atoms with van der Waals surface area (Å²) in [6.45, 7) is 5.30. The van der Waals surface area contributed by atoms with E-state index in [-0.39, 0.29) is 17.4 Å². The van der Waals surface area contributed by atoms with E-state index in [9.17, 15) is 13.2 Å². The fraction of sp³-hybridized carbons (Fsp3) is 0.273. The Hall–Kier alpha value is -2.97. The van der Waals surface area contributed by atoms with Gasteiger partial charge in [-0.3, -0.25) is 4.79 Å². The first-order chi connectivity index (χ1) is 14.1. The van der Waals surface area contributed by atoms with Gasteiger partial charge in [-0.1, -0.05) is 18.2 Å². The minimum atomic E-state index is -3.62. The van der Waals surface area contributed by atoms with Gasteiger partial charge in [-0.05, 0) is 56.2 Å². The average molecular weight is 428 g/mol. The fourth-order valence-corrected chi connectivity index (χ4v) is 3.99. The lowest BCUT2D eigenvalue weighted by molar-refractivity contribution is -0.118. The van der Waals surface area contributed by atoms with E-state index in [0.29, 0.717) is 17.0 Å². The van der Waals surface area contributed by atoms with Crippen LogP contribution in [0.25, 0.3) is 10.9 Å². The number of aryl methyl sites for hydroxylation is 2. The highest BCUT2D eigenvalue weighted by atomic mass is 32.2. The SMILES string of the molecule is Cc1ccc2cccc(OCC(=O)Nc3cc(S(=O)(=O)N(C)C)cc(C)c3C)c2n1. The number of carbonyl (C=O) groups excluding carboxylic acids is 1. The molecule has 3 aromatic rings. The van der Waals surface area contributed by atoms with Crippen molar-refractivity contribution in [3.05, 3.63) is 59.3 Å². The van der Waals surface area contributed by atoms with Crippen LogP contribution in [0.4, 0.5) is 5.69 Å². The van der Waals surface area contributed by atoms with E-state index in [1.165, 1.54) is 20.2 Å². The van der Waals surface area contributed by atoms with Gasteiger partial charge in [-0.25, -0.2) is 17.7 Å². The normalized spacial score (nSPS) is 11.7. The number of nitrogens with zero attached hydrogens (tertiary/aromatic N) is 2. The number of hydrogen-bond donors (Lipinski definition) is 1. The first kappa shape index (κ1) is 21.7. The van der Waals surface area contributed by atoms with Crippen molar-refractivity contribution in [2.75, 3.05) is 26.0 Å². The standard InChI is InChI=1S/C22H25N3O4S/c1-14-11-18(30(27,28)25(4)5)12-19(16(14)3)24-21(26)13-29-20-8-6-7-17-10-9-15(2)23-22(17)20/h6-12H,13H2,1-5H3,(H,24,26). The number of anilines is 1. The van der Waals surface area contributed by atoms with E-state index in [1.807, 2.05) is 38.1 Å². The number of hydrogen-bond acceptors (Lipinski definition) is 5. The van der Waals surface area contributed by atoms with E-state index in [0.717, 1.165) is 26.5 Å². The zero-order chi connectivity index (χ0) is 22.1. The lowest BCUT2D eigenvalue weighted by atomic mass is 10.1. The van der Waals surface area contributed by atoms with Crippen LogP contribution in [0.5, 0.6) is 5.75 Å². The molecular formula is C22H25N3O4S. The predicted octanol–water partition coefficient (Wildman–Crippen LogP) is 3.43. The molecule has 0 saturated carbocycles. The van der Waals surface area contributed by atoms with E-state index in [2.05, 4.69) is 10.3 Å². The molecule has 2 aromatic carbocycles. The van der Waals surface area contributed by atoms with Crippen LogP contribution in [-0.2, 0) is 14.8 Å². The van der Waals surface area contributed by atoms with Crippen LogP contribution in [0, 0.1) is 20.8 Å². The summed E-state index contributed by atoms with van der Waals surface area (Å²) in [4.78, 5) is 17.1. The van der Waals surface area contributed by atoms with Crippen LogP contribution in [0.15, 0.2) is 47.4 Å². The van der Waals surface area contributed by atoms with Crippen LogP contribution in [0.2, 0.25) is 0 Å². The second-order valence-electron chi connectivity index (χ2n) is 7.32. The third-order valence-electron chi connectivity index (χ3n) is 4.87. The first-order valence-electron chi connectivity index (χ1n) is 9.42. The molecule has 1 amide bonds. The van der Waals surface area contributed by atoms with Gasteiger partial charge in [0.25, 0.3) is 5.91 Å². The summed E-state index contributed by atoms with van der Waals surface area (Å²) < 4.78 is 31.8. The maximum atomic E-state index is 12.5. The van der Waals surface area contributed by atoms with Gasteiger partial charge in [0.15, 0.2) is 6.61 Å². The van der Waals surface area contributed by atoms with Gasteiger partial charge in [-0.2, -0.15) is 0 Å². The van der Waals surface area contributed by atoms with Gasteiger partial charge in [0.05, 0.1) is 4.90 Å². The van der Waals surface area contributed by atoms with E-state index >= 15 is 0 Å². The molecule has 158 valence electrons. The largest absolute Gasteiger partial charge is 0.481 e. The number of para-hydroxylation sites is 1. The molecule has 0 bridgehead atoms. The van der Waals surface area contributed by atoms with E-state index in [4.69, 9.17) is 4.74 Å². The van der Waals surface area contributed by atoms with Crippen molar-refractivity contribution in [1.82, 2.24) is 9.29 Å². The number of pyridine rings is 1. The van der Waals surface area contributed by atoms with Crippen molar-refractivity contribution in [3.8, 4) is 5.75 Å². The van der Waals surface area contributed by atoms with Gasteiger partial charge in [0.1, 0.15) is 11.3 Å². The molecule has 0 aliphatic rings. The fourth-order valence-electron chi connectivity index (χ4n) is 2.98. The summed E-state index contributed by atoms with van der Waals surface area (Å²) in [5, 5.41) is 3.69. The number of amides is 1. The van der Waals surface area contributed by atoms with Crippen molar-refractivity contribution in [1.29, 1.82) is 0 Å². The smallest absolute Gasteiger partial charge is 0.262 e. The molecule has 30 heavy (non-hydrogen) atoms. The Morgan fingerprint density at radius 1 is 1.10 bits per heavy atom. The van der Waals surface area contributed by atoms with Gasteiger partial charge in [0, 0.05) is 30.9 Å². The van der Waals surface area contributed by atoms with Crippen molar-refractivity contribution in [2.24, 2.45) is 0 Å². The van der Waals surface area contributed by atoms with Crippen LogP contribution in [0.1, 0.15) is 16.8 Å². The third kappa shape index (κ3) is 4.44. The molecule has 0 unspecified atom stereocenters. The third-order valence-corrected chi connectivity index (χ3v) is 6.67. The van der Waals surface area contributed by atoms with Gasteiger partial charge < -0.3 is 10.1 Å². The number of fused-ring (bicyclic) bond motifs is 1. The molecule has 7 nitrogen and oxygen atoms in total. The number of sulfonamides is 1. The minimum Gasteiger partial charge on any atom is -0.481 e. The van der Waals surface area contributed by atoms with Gasteiger partial charge >= 0.3 is 0 Å². The van der Waals surface area contributed by atoms with Crippen molar-refractivity contribution >= 4 is 32.5 Å². The number of carbonyl (C=O) groups is 1. The van der Waals surface area contributed by atoms with E-state index < -0.39 is 10.0 Å². The Labute approximate surface area is 176 Å². The lowest BCUT2D eigenvalue weighted by Crippen LogP contribution is -2.24. The van der Waals surface area contributed by atoms with Crippen molar-refractivity contribution in [2.45, 2.75) is 25.7 Å². The molecule has 1 aromatic heterocycles. The molecule has 0 spiro atoms. The molecule has 0 aliphatic carbocycles. The Balaban J connectivity index is 1.80. The second kappa shape index (κ2) is 8.41. The zero-order valence-corrected chi connectivity index (χ0v) is 18.5. The summed E-state index contributed by atoms with van der Waals surface area (Å²) in [6.07, 6.45) is 0. The van der Waals surface area contributed by atoms with Crippen molar-refractivity contribution in [3.63, 3.8) is 0 Å². The summed E-state index contributed by atoms with van der Waals surface area (Å²) in [7, 11) is -0.678. The van der Waals surface area contributed by atoms with Gasteiger partial charge in [-0.15, -0.1) is 0 Å². The Bertz CT molecular complexity index is 1220. The molecule has 3 rings (SSSR count). The number of ether oxygens (including phenoxy) is 1. The average Bonchev–Trinajstić information content (AvgIpc) is 2.69. The highest BCUT2D eigenvalue weighted by Crippen LogP contribution is 2.26. The van der Waals surface area contributed by atoms with E-state index in [1.54, 1.807) is 19.1 Å². The molecule has 0 atom stereocenters. The number of rotatable bonds is 6. The quantitative estimate of drug-likeness (QED) is 0.651. The summed E-state index contributed by atoms with van der Waals surface area (Å²) in [5.41, 5.74) is 3.55. The van der Waals surface area contributed by atoms with Gasteiger partial charge in [0.2, 0.25) is 10.0 Å². The first-order valence-corrected chi connectivity index (χ1v) is 10.9. The minimum absolute atomic E-state index is 0.126. The Morgan fingerprint density at radius 2 is 1.83 bits per heavy atom. The molecule has 0 radical (unpaired) electrons.